The molecule has 3 saturated heterocycles. The second kappa shape index (κ2) is 13.2. The van der Waals surface area contributed by atoms with Crippen LogP contribution >= 0.6 is 0 Å². The van der Waals surface area contributed by atoms with Crippen LogP contribution in [0.1, 0.15) is 106 Å². The quantitative estimate of drug-likeness (QED) is 0.162. The monoisotopic (exact) mass is 784 g/mol. The third kappa shape index (κ3) is 5.70. The zero-order valence-electron chi connectivity index (χ0n) is 33.6. The Kier molecular flexibility index (Phi) is 9.90. The van der Waals surface area contributed by atoms with Gasteiger partial charge >= 0.3 is 0 Å². The van der Waals surface area contributed by atoms with E-state index in [-0.39, 0.29) is 52.1 Å². The lowest BCUT2D eigenvalue weighted by atomic mass is 9.41. The maximum Gasteiger partial charge on any atom is 0.186 e. The molecule has 0 amide bonds. The molecule has 14 nitrogen and oxygen atoms in total. The van der Waals surface area contributed by atoms with E-state index in [1.54, 1.807) is 13.8 Å². The Morgan fingerprint density at radius 3 is 2.05 bits per heavy atom. The lowest BCUT2D eigenvalue weighted by molar-refractivity contribution is -0.339. The first-order chi connectivity index (χ1) is 25.5. The Bertz CT molecular complexity index is 1460. The van der Waals surface area contributed by atoms with Gasteiger partial charge in [0.05, 0.1) is 48.8 Å². The van der Waals surface area contributed by atoms with Crippen molar-refractivity contribution >= 4 is 0 Å². The van der Waals surface area contributed by atoms with Gasteiger partial charge in [0, 0.05) is 5.92 Å². The third-order valence-electron chi connectivity index (χ3n) is 17.6. The van der Waals surface area contributed by atoms with Crippen molar-refractivity contribution < 1.29 is 69.6 Å². The van der Waals surface area contributed by atoms with E-state index < -0.39 is 96.8 Å². The fraction of sp³-hybridized carbons (Fsp3) is 1.00. The van der Waals surface area contributed by atoms with Crippen molar-refractivity contribution in [1.82, 2.24) is 0 Å². The highest BCUT2D eigenvalue weighted by molar-refractivity contribution is 5.33. The summed E-state index contributed by atoms with van der Waals surface area (Å²) in [6, 6.07) is 0. The summed E-state index contributed by atoms with van der Waals surface area (Å²) in [6.45, 7) is 13.8. The topological polar surface area (TPSA) is 228 Å². The molecule has 0 aromatic heterocycles. The molecule has 8 rings (SSSR count). The van der Waals surface area contributed by atoms with Gasteiger partial charge < -0.3 is 69.6 Å². The minimum Gasteiger partial charge on any atom is -0.394 e. The molecule has 14 heteroatoms. The fourth-order valence-corrected chi connectivity index (χ4v) is 14.9. The first-order valence-electron chi connectivity index (χ1n) is 20.9. The van der Waals surface area contributed by atoms with Crippen LogP contribution in [0.15, 0.2) is 0 Å². The van der Waals surface area contributed by atoms with Gasteiger partial charge in [-0.1, -0.05) is 27.7 Å². The highest BCUT2D eigenvalue weighted by Gasteiger charge is 2.85. The first-order valence-corrected chi connectivity index (χ1v) is 20.9. The highest BCUT2D eigenvalue weighted by atomic mass is 16.7. The molecule has 0 bridgehead atoms. The van der Waals surface area contributed by atoms with Crippen molar-refractivity contribution in [3.05, 3.63) is 0 Å². The maximum atomic E-state index is 12.2. The Hall–Kier alpha value is -0.560. The van der Waals surface area contributed by atoms with Crippen molar-refractivity contribution in [2.45, 2.75) is 197 Å². The molecular formula is C41H68O14. The van der Waals surface area contributed by atoms with Gasteiger partial charge in [-0.15, -0.1) is 0 Å². The smallest absolute Gasteiger partial charge is 0.186 e. The molecule has 3 aliphatic heterocycles. The molecule has 5 aliphatic carbocycles. The summed E-state index contributed by atoms with van der Waals surface area (Å²) in [4.78, 5) is 0. The molecule has 55 heavy (non-hydrogen) atoms. The van der Waals surface area contributed by atoms with Crippen LogP contribution in [0.5, 0.6) is 0 Å². The Morgan fingerprint density at radius 1 is 0.709 bits per heavy atom. The first kappa shape index (κ1) is 41.2. The Labute approximate surface area is 324 Å². The SMILES string of the molecule is CC(C)(O)[C@@H]1CC[C@](C)([C@@H]2[C@@H](O)C[C@]3(C)[C@H]4C[C@H](O[C@H]5O[C@@H](CO)[C@H](O)[C@@H](O)[C@@H]5O)[C@@H]5C(C)(C)[C@H](O[C@@H]6OC[C@@H](O)[C@@H](O)[C@@H]6O)CC[C@@]56C[C@@]46CC[C@]23C)O1. The Morgan fingerprint density at radius 2 is 1.40 bits per heavy atom. The number of aliphatic hydroxyl groups excluding tert-OH is 8. The van der Waals surface area contributed by atoms with Gasteiger partial charge in [0.15, 0.2) is 12.6 Å². The molecule has 0 aromatic rings. The highest BCUT2D eigenvalue weighted by Crippen LogP contribution is 2.89. The molecular weight excluding hydrogens is 716 g/mol. The zero-order chi connectivity index (χ0) is 40.1. The van der Waals surface area contributed by atoms with Crippen LogP contribution < -0.4 is 0 Å². The average Bonchev–Trinajstić information content (AvgIpc) is 3.47. The van der Waals surface area contributed by atoms with Crippen LogP contribution in [0.3, 0.4) is 0 Å². The van der Waals surface area contributed by atoms with Crippen LogP contribution in [-0.2, 0) is 23.7 Å². The second-order valence-electron chi connectivity index (χ2n) is 21.1. The summed E-state index contributed by atoms with van der Waals surface area (Å²) < 4.78 is 31.9. The summed E-state index contributed by atoms with van der Waals surface area (Å²) in [7, 11) is 0. The molecule has 0 aromatic carbocycles. The summed E-state index contributed by atoms with van der Waals surface area (Å²) in [6.07, 6.45) is -7.48. The van der Waals surface area contributed by atoms with Gasteiger partial charge in [0.2, 0.25) is 0 Å². The van der Waals surface area contributed by atoms with Crippen LogP contribution in [-0.4, -0.2) is 150 Å². The van der Waals surface area contributed by atoms with Crippen molar-refractivity contribution in [3.8, 4) is 0 Å². The van der Waals surface area contributed by atoms with Crippen molar-refractivity contribution in [1.29, 1.82) is 0 Å². The van der Waals surface area contributed by atoms with Gasteiger partial charge in [-0.25, -0.2) is 0 Å². The summed E-state index contributed by atoms with van der Waals surface area (Å²) in [5.74, 6) is -0.215. The minimum absolute atomic E-state index is 0.0633. The molecule has 8 fully saturated rings. The van der Waals surface area contributed by atoms with E-state index in [1.165, 1.54) is 0 Å². The molecule has 2 spiro atoms. The summed E-state index contributed by atoms with van der Waals surface area (Å²) >= 11 is 0. The van der Waals surface area contributed by atoms with Gasteiger partial charge in [-0.05, 0) is 117 Å². The average molecular weight is 785 g/mol. The van der Waals surface area contributed by atoms with Crippen LogP contribution in [0, 0.1) is 44.8 Å². The van der Waals surface area contributed by atoms with E-state index >= 15 is 0 Å². The molecule has 5 saturated carbocycles. The molecule has 0 unspecified atom stereocenters. The number of fused-ring (bicyclic) bond motifs is 2. The van der Waals surface area contributed by atoms with E-state index in [0.29, 0.717) is 25.7 Å². The van der Waals surface area contributed by atoms with Crippen LogP contribution in [0.2, 0.25) is 0 Å². The number of aliphatic hydroxyl groups is 9. The van der Waals surface area contributed by atoms with Gasteiger partial charge in [-0.3, -0.25) is 0 Å². The van der Waals surface area contributed by atoms with Crippen LogP contribution in [0.25, 0.3) is 0 Å². The summed E-state index contributed by atoms with van der Waals surface area (Å²) in [5.41, 5.74) is -3.16. The number of rotatable bonds is 7. The maximum absolute atomic E-state index is 12.2. The predicted molar refractivity (Wildman–Crippen MR) is 194 cm³/mol. The third-order valence-corrected chi connectivity index (χ3v) is 17.6. The molecule has 9 N–H and O–H groups in total. The van der Waals surface area contributed by atoms with Crippen molar-refractivity contribution in [3.63, 3.8) is 0 Å². The molecule has 21 atom stereocenters. The Balaban J connectivity index is 1.15. The number of hydrogen-bond acceptors (Lipinski definition) is 14. The fourth-order valence-electron chi connectivity index (χ4n) is 14.9. The van der Waals surface area contributed by atoms with E-state index in [4.69, 9.17) is 23.7 Å². The van der Waals surface area contributed by atoms with Gasteiger partial charge in [0.25, 0.3) is 0 Å². The summed E-state index contributed by atoms with van der Waals surface area (Å²) in [5, 5.41) is 97.2. The molecule has 8 aliphatic rings. The molecule has 3 heterocycles. The van der Waals surface area contributed by atoms with Crippen molar-refractivity contribution in [2.24, 2.45) is 44.8 Å². The molecule has 316 valence electrons. The minimum atomic E-state index is -1.60. The van der Waals surface area contributed by atoms with E-state index in [9.17, 15) is 46.0 Å². The van der Waals surface area contributed by atoms with E-state index in [2.05, 4.69) is 34.6 Å². The van der Waals surface area contributed by atoms with Gasteiger partial charge in [0.1, 0.15) is 42.7 Å². The number of ether oxygens (including phenoxy) is 5. The van der Waals surface area contributed by atoms with Crippen LogP contribution in [0.4, 0.5) is 0 Å². The zero-order valence-corrected chi connectivity index (χ0v) is 33.6. The number of hydrogen-bond donors (Lipinski definition) is 9. The lowest BCUT2D eigenvalue weighted by Gasteiger charge is -2.65. The largest absolute Gasteiger partial charge is 0.394 e. The van der Waals surface area contributed by atoms with Crippen molar-refractivity contribution in [2.75, 3.05) is 13.2 Å². The van der Waals surface area contributed by atoms with E-state index in [1.807, 2.05) is 0 Å². The lowest BCUT2D eigenvalue weighted by Crippen LogP contribution is -2.65. The molecule has 0 radical (unpaired) electrons. The standard InChI is InChI=1S/C41H68O14/c1-35(2)24(54-33-29(48)26(45)20(44)17-51-33)9-11-41-18-40(41)13-12-37(5)31(39(7)10-8-25(55-39)36(3,4)50)19(43)15-38(37,6)23(40)14-21(32(35)41)52-34-30(49)28(47)27(46)22(16-42)53-34/h19-34,42-50H,8-18H2,1-7H3/t19-,20+,21-,22-,23+,24+,25-,26+,27-,28+,29-,30-,31+,32+,33-,34-,37+,38+,39+,40-,41+/m0/s1. The predicted octanol–water partition coefficient (Wildman–Crippen LogP) is 0.724. The normalized spacial score (nSPS) is 58.7. The van der Waals surface area contributed by atoms with E-state index in [0.717, 1.165) is 32.1 Å². The van der Waals surface area contributed by atoms with Gasteiger partial charge in [-0.2, -0.15) is 0 Å². The second-order valence-corrected chi connectivity index (χ2v) is 21.1.